The van der Waals surface area contributed by atoms with Crippen LogP contribution in [0.15, 0.2) is 30.6 Å². The third-order valence-corrected chi connectivity index (χ3v) is 2.94. The monoisotopic (exact) mass is 281 g/mol. The molecule has 0 unspecified atom stereocenters. The van der Waals surface area contributed by atoms with Crippen LogP contribution in [0.5, 0.6) is 0 Å². The van der Waals surface area contributed by atoms with Crippen molar-refractivity contribution in [2.75, 3.05) is 13.1 Å². The summed E-state index contributed by atoms with van der Waals surface area (Å²) in [5, 5.41) is 17.0. The van der Waals surface area contributed by atoms with Crippen LogP contribution in [0.25, 0.3) is 0 Å². The molecule has 1 aromatic carbocycles. The molecular weight excluding hydrogens is 264 g/mol. The summed E-state index contributed by atoms with van der Waals surface area (Å²) in [5.74, 6) is -1.39. The molecule has 2 rings (SSSR count). The van der Waals surface area contributed by atoms with Crippen LogP contribution in [-0.4, -0.2) is 28.0 Å². The molecule has 108 valence electrons. The van der Waals surface area contributed by atoms with E-state index in [4.69, 9.17) is 0 Å². The summed E-state index contributed by atoms with van der Waals surface area (Å²) in [5.41, 5.74) is 1.17. The molecule has 0 aliphatic carbocycles. The van der Waals surface area contributed by atoms with E-state index < -0.39 is 17.7 Å². The van der Waals surface area contributed by atoms with Gasteiger partial charge >= 0.3 is 0 Å². The fourth-order valence-corrected chi connectivity index (χ4v) is 1.90. The molecule has 1 atom stereocenters. The molecule has 0 saturated carbocycles. The number of nitrogens with zero attached hydrogens (tertiary/aromatic N) is 2. The van der Waals surface area contributed by atoms with E-state index in [1.165, 1.54) is 6.07 Å². The van der Waals surface area contributed by atoms with Crippen LogP contribution < -0.4 is 5.32 Å². The van der Waals surface area contributed by atoms with Gasteiger partial charge in [-0.05, 0) is 18.6 Å². The zero-order valence-corrected chi connectivity index (χ0v) is 11.2. The highest BCUT2D eigenvalue weighted by atomic mass is 19.1. The van der Waals surface area contributed by atoms with Gasteiger partial charge in [0.15, 0.2) is 0 Å². The number of rotatable bonds is 6. The normalized spacial score (nSPS) is 12.6. The zero-order valence-electron chi connectivity index (χ0n) is 11.2. The number of aliphatic hydroxyl groups is 1. The SMILES string of the molecule is Cc1cnn(CCNC[C@@H](O)c2ccc(F)cc2F)c1. The highest BCUT2D eigenvalue weighted by Crippen LogP contribution is 2.17. The number of hydrogen-bond donors (Lipinski definition) is 2. The molecule has 2 aromatic rings. The van der Waals surface area contributed by atoms with Crippen LogP contribution in [-0.2, 0) is 6.54 Å². The predicted molar refractivity (Wildman–Crippen MR) is 71.2 cm³/mol. The number of halogens is 2. The molecule has 0 fully saturated rings. The molecule has 0 amide bonds. The standard InChI is InChI=1S/C14H17F2N3O/c1-10-7-18-19(9-10)5-4-17-8-14(20)12-3-2-11(15)6-13(12)16/h2-3,6-7,9,14,17,20H,4-5,8H2,1H3/t14-/m1/s1. The van der Waals surface area contributed by atoms with Gasteiger partial charge in [-0.1, -0.05) is 6.07 Å². The summed E-state index contributed by atoms with van der Waals surface area (Å²) in [7, 11) is 0. The van der Waals surface area contributed by atoms with Crippen LogP contribution in [0.1, 0.15) is 17.2 Å². The second-order valence-corrected chi connectivity index (χ2v) is 4.67. The van der Waals surface area contributed by atoms with Gasteiger partial charge in [-0.15, -0.1) is 0 Å². The minimum atomic E-state index is -1.00. The van der Waals surface area contributed by atoms with Gasteiger partial charge in [0.1, 0.15) is 11.6 Å². The van der Waals surface area contributed by atoms with Crippen molar-refractivity contribution in [3.05, 3.63) is 53.4 Å². The number of benzene rings is 1. The van der Waals surface area contributed by atoms with Crippen LogP contribution >= 0.6 is 0 Å². The molecule has 4 nitrogen and oxygen atoms in total. The molecule has 2 N–H and O–H groups in total. The van der Waals surface area contributed by atoms with Crippen molar-refractivity contribution in [1.82, 2.24) is 15.1 Å². The van der Waals surface area contributed by atoms with Crippen molar-refractivity contribution in [2.24, 2.45) is 0 Å². The van der Waals surface area contributed by atoms with E-state index in [9.17, 15) is 13.9 Å². The Kier molecular flexibility index (Phi) is 4.81. The lowest BCUT2D eigenvalue weighted by Gasteiger charge is -2.13. The van der Waals surface area contributed by atoms with Gasteiger partial charge in [-0.25, -0.2) is 8.78 Å². The van der Waals surface area contributed by atoms with Gasteiger partial charge in [0, 0.05) is 30.9 Å². The van der Waals surface area contributed by atoms with Gasteiger partial charge in [0.25, 0.3) is 0 Å². The second kappa shape index (κ2) is 6.58. The molecule has 0 saturated heterocycles. The van der Waals surface area contributed by atoms with Gasteiger partial charge in [-0.3, -0.25) is 4.68 Å². The molecular formula is C14H17F2N3O. The van der Waals surface area contributed by atoms with E-state index in [1.807, 2.05) is 13.1 Å². The van der Waals surface area contributed by atoms with Gasteiger partial charge in [0.2, 0.25) is 0 Å². The van der Waals surface area contributed by atoms with E-state index in [0.717, 1.165) is 17.7 Å². The van der Waals surface area contributed by atoms with Crippen LogP contribution in [0.3, 0.4) is 0 Å². The van der Waals surface area contributed by atoms with Crippen molar-refractivity contribution in [1.29, 1.82) is 0 Å². The van der Waals surface area contributed by atoms with E-state index >= 15 is 0 Å². The molecule has 1 heterocycles. The zero-order chi connectivity index (χ0) is 14.5. The average molecular weight is 281 g/mol. The number of aromatic nitrogens is 2. The average Bonchev–Trinajstić information content (AvgIpc) is 2.80. The summed E-state index contributed by atoms with van der Waals surface area (Å²) in [4.78, 5) is 0. The maximum atomic E-state index is 13.4. The Hall–Kier alpha value is -1.79. The van der Waals surface area contributed by atoms with Crippen molar-refractivity contribution in [3.63, 3.8) is 0 Å². The largest absolute Gasteiger partial charge is 0.387 e. The Bertz CT molecular complexity index is 571. The van der Waals surface area contributed by atoms with E-state index in [1.54, 1.807) is 10.9 Å². The first-order chi connectivity index (χ1) is 9.56. The highest BCUT2D eigenvalue weighted by molar-refractivity contribution is 5.21. The van der Waals surface area contributed by atoms with Crippen LogP contribution in [0, 0.1) is 18.6 Å². The first kappa shape index (κ1) is 14.6. The Balaban J connectivity index is 1.78. The molecule has 20 heavy (non-hydrogen) atoms. The molecule has 0 aliphatic rings. The van der Waals surface area contributed by atoms with Crippen LogP contribution in [0.2, 0.25) is 0 Å². The fraction of sp³-hybridized carbons (Fsp3) is 0.357. The van der Waals surface area contributed by atoms with E-state index in [-0.39, 0.29) is 12.1 Å². The molecule has 0 aliphatic heterocycles. The van der Waals surface area contributed by atoms with Crippen molar-refractivity contribution >= 4 is 0 Å². The highest BCUT2D eigenvalue weighted by Gasteiger charge is 2.12. The molecule has 0 radical (unpaired) electrons. The van der Waals surface area contributed by atoms with Gasteiger partial charge in [0.05, 0.1) is 18.8 Å². The third kappa shape index (κ3) is 3.85. The first-order valence-electron chi connectivity index (χ1n) is 6.39. The third-order valence-electron chi connectivity index (χ3n) is 2.94. The lowest BCUT2D eigenvalue weighted by molar-refractivity contribution is 0.169. The second-order valence-electron chi connectivity index (χ2n) is 4.67. The Morgan fingerprint density at radius 2 is 2.20 bits per heavy atom. The number of aryl methyl sites for hydroxylation is 1. The predicted octanol–water partition coefficient (Wildman–Crippen LogP) is 1.79. The number of nitrogens with one attached hydrogen (secondary N) is 1. The smallest absolute Gasteiger partial charge is 0.131 e. The van der Waals surface area contributed by atoms with Crippen LogP contribution in [0.4, 0.5) is 8.78 Å². The molecule has 1 aromatic heterocycles. The van der Waals surface area contributed by atoms with Crippen molar-refractivity contribution in [2.45, 2.75) is 19.6 Å². The topological polar surface area (TPSA) is 50.1 Å². The minimum Gasteiger partial charge on any atom is -0.387 e. The number of aliphatic hydroxyl groups excluding tert-OH is 1. The Labute approximate surface area is 116 Å². The molecule has 0 bridgehead atoms. The van der Waals surface area contributed by atoms with E-state index in [2.05, 4.69) is 10.4 Å². The summed E-state index contributed by atoms with van der Waals surface area (Å²) in [6, 6.07) is 3.16. The Morgan fingerprint density at radius 3 is 2.85 bits per heavy atom. The summed E-state index contributed by atoms with van der Waals surface area (Å²) < 4.78 is 28.0. The fourth-order valence-electron chi connectivity index (χ4n) is 1.90. The summed E-state index contributed by atoms with van der Waals surface area (Å²) >= 11 is 0. The lowest BCUT2D eigenvalue weighted by Crippen LogP contribution is -2.26. The maximum Gasteiger partial charge on any atom is 0.131 e. The Morgan fingerprint density at radius 1 is 1.40 bits per heavy atom. The summed E-state index contributed by atoms with van der Waals surface area (Å²) in [6.07, 6.45) is 2.68. The molecule has 6 heteroatoms. The maximum absolute atomic E-state index is 13.4. The van der Waals surface area contributed by atoms with Gasteiger partial charge in [-0.2, -0.15) is 5.10 Å². The lowest BCUT2D eigenvalue weighted by atomic mass is 10.1. The quantitative estimate of drug-likeness (QED) is 0.794. The number of hydrogen-bond acceptors (Lipinski definition) is 3. The molecule has 0 spiro atoms. The van der Waals surface area contributed by atoms with E-state index in [0.29, 0.717) is 13.1 Å². The first-order valence-corrected chi connectivity index (χ1v) is 6.39. The summed E-state index contributed by atoms with van der Waals surface area (Å²) in [6.45, 7) is 3.41. The van der Waals surface area contributed by atoms with Crippen molar-refractivity contribution in [3.8, 4) is 0 Å². The minimum absolute atomic E-state index is 0.0915. The van der Waals surface area contributed by atoms with Gasteiger partial charge < -0.3 is 10.4 Å². The van der Waals surface area contributed by atoms with Crippen molar-refractivity contribution < 1.29 is 13.9 Å².